The van der Waals surface area contributed by atoms with Gasteiger partial charge in [-0.2, -0.15) is 0 Å². The average molecular weight is 651 g/mol. The minimum Gasteiger partial charge on any atom is -0.485 e. The molecule has 1 amide bonds. The Kier molecular flexibility index (Phi) is 10.4. The van der Waals surface area contributed by atoms with Crippen LogP contribution in [0.3, 0.4) is 0 Å². The molecule has 12 nitrogen and oxygen atoms in total. The normalized spacial score (nSPS) is 33.5. The van der Waals surface area contributed by atoms with E-state index >= 15 is 4.39 Å². The van der Waals surface area contributed by atoms with Gasteiger partial charge in [-0.1, -0.05) is 35.0 Å². The van der Waals surface area contributed by atoms with Crippen molar-refractivity contribution in [3.05, 3.63) is 70.0 Å². The lowest BCUT2D eigenvalue weighted by atomic mass is 9.83. The topological polar surface area (TPSA) is 180 Å². The monoisotopic (exact) mass is 650 g/mol. The SMILES string of the molecule is CC(=NOCc1cccc(Cl)c1)[C@H]1C[C@@H](Oc2ccc(/C=C(\C)C(=O)NC3[C@@H](O)C4OCO[C@@H]4[C@H](O)[C@H]3O)cc2F)[C@H](O)[C@@H]1O. The Morgan fingerprint density at radius 2 is 1.76 bits per heavy atom. The zero-order valence-corrected chi connectivity index (χ0v) is 25.3. The number of carbonyl (C=O) groups excluding carboxylic acids is 1. The number of amides is 1. The van der Waals surface area contributed by atoms with E-state index in [-0.39, 0.29) is 31.1 Å². The third kappa shape index (κ3) is 7.31. The predicted octanol–water partition coefficient (Wildman–Crippen LogP) is 1.29. The maximum Gasteiger partial charge on any atom is 0.247 e. The second kappa shape index (κ2) is 14.1. The Bertz CT molecular complexity index is 1440. The van der Waals surface area contributed by atoms with Crippen molar-refractivity contribution in [2.24, 2.45) is 11.1 Å². The number of aliphatic hydroxyl groups is 5. The molecule has 14 heteroatoms. The lowest BCUT2D eigenvalue weighted by Gasteiger charge is -2.41. The molecule has 1 aliphatic heterocycles. The van der Waals surface area contributed by atoms with Gasteiger partial charge in [-0.25, -0.2) is 4.39 Å². The first-order chi connectivity index (χ1) is 21.4. The number of halogens is 2. The molecule has 5 rings (SSSR count). The molecule has 2 saturated carbocycles. The summed E-state index contributed by atoms with van der Waals surface area (Å²) in [5, 5.41) is 59.7. The van der Waals surface area contributed by atoms with Gasteiger partial charge in [0, 0.05) is 16.5 Å². The lowest BCUT2D eigenvalue weighted by Crippen LogP contribution is -2.67. The molecule has 244 valence electrons. The average Bonchev–Trinajstić information content (AvgIpc) is 3.61. The molecule has 2 unspecified atom stereocenters. The Morgan fingerprint density at radius 1 is 1.02 bits per heavy atom. The second-order valence-corrected chi connectivity index (χ2v) is 11.9. The number of ether oxygens (including phenoxy) is 3. The van der Waals surface area contributed by atoms with E-state index in [0.717, 1.165) is 11.6 Å². The molecular weight excluding hydrogens is 615 g/mol. The van der Waals surface area contributed by atoms with Gasteiger partial charge in [-0.05, 0) is 61.7 Å². The van der Waals surface area contributed by atoms with Gasteiger partial charge in [0.05, 0.1) is 17.9 Å². The fourth-order valence-electron chi connectivity index (χ4n) is 5.83. The number of carbonyl (C=O) groups is 1. The van der Waals surface area contributed by atoms with E-state index in [2.05, 4.69) is 10.5 Å². The summed E-state index contributed by atoms with van der Waals surface area (Å²) in [6.07, 6.45) is -7.94. The molecule has 1 saturated heterocycles. The van der Waals surface area contributed by atoms with Crippen molar-refractivity contribution in [3.63, 3.8) is 0 Å². The number of benzene rings is 2. The van der Waals surface area contributed by atoms with Crippen molar-refractivity contribution in [2.75, 3.05) is 6.79 Å². The lowest BCUT2D eigenvalue weighted by molar-refractivity contribution is -0.155. The number of rotatable bonds is 9. The molecule has 1 heterocycles. The zero-order valence-electron chi connectivity index (χ0n) is 24.5. The van der Waals surface area contributed by atoms with Crippen molar-refractivity contribution in [3.8, 4) is 5.75 Å². The Hall–Kier alpha value is -3.14. The van der Waals surface area contributed by atoms with E-state index in [1.54, 1.807) is 25.1 Å². The summed E-state index contributed by atoms with van der Waals surface area (Å²) in [7, 11) is 0. The van der Waals surface area contributed by atoms with Crippen molar-refractivity contribution in [2.45, 2.75) is 81.7 Å². The smallest absolute Gasteiger partial charge is 0.247 e. The van der Waals surface area contributed by atoms with Gasteiger partial charge in [0.1, 0.15) is 56.1 Å². The van der Waals surface area contributed by atoms with Crippen LogP contribution in [0.5, 0.6) is 5.75 Å². The number of oxime groups is 1. The van der Waals surface area contributed by atoms with Crippen LogP contribution in [0, 0.1) is 11.7 Å². The van der Waals surface area contributed by atoms with Crippen molar-refractivity contribution >= 4 is 29.3 Å². The number of fused-ring (bicyclic) bond motifs is 1. The minimum atomic E-state index is -1.51. The van der Waals surface area contributed by atoms with E-state index in [1.807, 2.05) is 6.07 Å². The highest BCUT2D eigenvalue weighted by Crippen LogP contribution is 2.33. The Labute approximate surface area is 263 Å². The first kappa shape index (κ1) is 33.2. The molecule has 2 aromatic carbocycles. The van der Waals surface area contributed by atoms with Gasteiger partial charge in [0.25, 0.3) is 0 Å². The zero-order chi connectivity index (χ0) is 32.4. The first-order valence-corrected chi connectivity index (χ1v) is 14.8. The molecule has 3 fully saturated rings. The quantitative estimate of drug-likeness (QED) is 0.132. The highest BCUT2D eigenvalue weighted by atomic mass is 35.5. The summed E-state index contributed by atoms with van der Waals surface area (Å²) < 4.78 is 31.3. The highest BCUT2D eigenvalue weighted by Gasteiger charge is 2.53. The van der Waals surface area contributed by atoms with Crippen molar-refractivity contribution < 1.29 is 53.8 Å². The van der Waals surface area contributed by atoms with Crippen LogP contribution in [0.25, 0.3) is 6.08 Å². The molecule has 2 aliphatic carbocycles. The maximum atomic E-state index is 15.1. The van der Waals surface area contributed by atoms with Crippen LogP contribution < -0.4 is 10.1 Å². The summed E-state index contributed by atoms with van der Waals surface area (Å²) in [4.78, 5) is 18.2. The standard InChI is InChI=1S/C31H36ClFN2O10/c1-14(31(41)34-23-26(38)28(40)30-29(27(23)39)42-13-43-30)8-16-6-7-21(20(33)10-16)45-22-11-19(24(36)25(22)37)15(2)35-44-12-17-4-3-5-18(32)9-17/h3-10,19,22-30,36-40H,11-13H2,1-2H3,(H,34,41)/b14-8+,35-15?/t19-,22-,23?,24-,25+,26+,27-,28-,29?,30-/m1/s1. The molecule has 6 N–H and O–H groups in total. The third-order valence-electron chi connectivity index (χ3n) is 8.37. The number of hydrogen-bond acceptors (Lipinski definition) is 11. The maximum absolute atomic E-state index is 15.1. The van der Waals surface area contributed by atoms with Crippen LogP contribution in [0.15, 0.2) is 53.2 Å². The van der Waals surface area contributed by atoms with Gasteiger partial charge in [0.2, 0.25) is 5.91 Å². The fourth-order valence-corrected chi connectivity index (χ4v) is 6.04. The van der Waals surface area contributed by atoms with Crippen LogP contribution in [0.2, 0.25) is 5.02 Å². The van der Waals surface area contributed by atoms with E-state index in [4.69, 9.17) is 30.6 Å². The van der Waals surface area contributed by atoms with Crippen molar-refractivity contribution in [1.29, 1.82) is 0 Å². The van der Waals surface area contributed by atoms with Crippen LogP contribution in [0.4, 0.5) is 4.39 Å². The number of nitrogens with one attached hydrogen (secondary N) is 1. The number of hydrogen-bond donors (Lipinski definition) is 6. The van der Waals surface area contributed by atoms with E-state index in [9.17, 15) is 30.3 Å². The molecule has 3 aliphatic rings. The van der Waals surface area contributed by atoms with E-state index < -0.39 is 72.5 Å². The van der Waals surface area contributed by atoms with Gasteiger partial charge < -0.3 is 49.9 Å². The summed E-state index contributed by atoms with van der Waals surface area (Å²) >= 11 is 5.98. The summed E-state index contributed by atoms with van der Waals surface area (Å²) in [5.41, 5.74) is 1.70. The van der Waals surface area contributed by atoms with Gasteiger partial charge in [-0.15, -0.1) is 0 Å². The summed E-state index contributed by atoms with van der Waals surface area (Å²) in [5.74, 6) is -2.17. The largest absolute Gasteiger partial charge is 0.485 e. The van der Waals surface area contributed by atoms with Crippen LogP contribution in [-0.2, 0) is 25.7 Å². The third-order valence-corrected chi connectivity index (χ3v) is 8.61. The molecule has 0 spiro atoms. The number of nitrogens with zero attached hydrogens (tertiary/aromatic N) is 1. The van der Waals surface area contributed by atoms with Crippen LogP contribution >= 0.6 is 11.6 Å². The van der Waals surface area contributed by atoms with Crippen LogP contribution in [-0.4, -0.2) is 98.8 Å². The molecule has 0 radical (unpaired) electrons. The molecule has 0 bridgehead atoms. The predicted molar refractivity (Wildman–Crippen MR) is 159 cm³/mol. The minimum absolute atomic E-state index is 0.132. The van der Waals surface area contributed by atoms with Gasteiger partial charge >= 0.3 is 0 Å². The molecule has 0 aromatic heterocycles. The number of aliphatic hydroxyl groups excluding tert-OH is 5. The highest BCUT2D eigenvalue weighted by molar-refractivity contribution is 6.30. The molecule has 10 atom stereocenters. The van der Waals surface area contributed by atoms with E-state index in [0.29, 0.717) is 16.3 Å². The van der Waals surface area contributed by atoms with Crippen LogP contribution in [0.1, 0.15) is 31.4 Å². The Balaban J connectivity index is 1.18. The van der Waals surface area contributed by atoms with E-state index in [1.165, 1.54) is 25.1 Å². The molecular formula is C31H36ClFN2O10. The van der Waals surface area contributed by atoms with Crippen molar-refractivity contribution in [1.82, 2.24) is 5.32 Å². The Morgan fingerprint density at radius 3 is 2.47 bits per heavy atom. The summed E-state index contributed by atoms with van der Waals surface area (Å²) in [6.45, 7) is 3.13. The second-order valence-electron chi connectivity index (χ2n) is 11.5. The molecule has 2 aromatic rings. The summed E-state index contributed by atoms with van der Waals surface area (Å²) in [6, 6.07) is 9.86. The van der Waals surface area contributed by atoms with Gasteiger partial charge in [-0.3, -0.25) is 4.79 Å². The molecule has 45 heavy (non-hydrogen) atoms. The fraction of sp³-hybridized carbons (Fsp3) is 0.484. The first-order valence-electron chi connectivity index (χ1n) is 14.4. The van der Waals surface area contributed by atoms with Gasteiger partial charge in [0.15, 0.2) is 11.6 Å².